The molecule has 3 aliphatic rings. The van der Waals surface area contributed by atoms with Crippen LogP contribution < -0.4 is 4.90 Å². The standard InChI is InChI=1S/C17H23N3O2S/c1-23-16-18-8-5-15(19-16)20-9-6-17(7-10-20)11-12-13(21)3-2-4-14(12)22-17/h5,8,12,14H,2-4,6-7,9-11H2,1H3. The minimum Gasteiger partial charge on any atom is -0.371 e. The van der Waals surface area contributed by atoms with Gasteiger partial charge in [-0.05, 0) is 44.4 Å². The lowest BCUT2D eigenvalue weighted by Crippen LogP contribution is -2.44. The molecular weight excluding hydrogens is 310 g/mol. The smallest absolute Gasteiger partial charge is 0.189 e. The number of ether oxygens (including phenoxy) is 1. The van der Waals surface area contributed by atoms with Crippen molar-refractivity contribution in [3.63, 3.8) is 0 Å². The van der Waals surface area contributed by atoms with Gasteiger partial charge in [0.25, 0.3) is 0 Å². The van der Waals surface area contributed by atoms with Crippen molar-refractivity contribution in [2.45, 2.75) is 55.4 Å². The van der Waals surface area contributed by atoms with E-state index in [9.17, 15) is 4.79 Å². The molecule has 1 aromatic rings. The summed E-state index contributed by atoms with van der Waals surface area (Å²) in [4.78, 5) is 23.3. The van der Waals surface area contributed by atoms with Crippen LogP contribution in [-0.2, 0) is 9.53 Å². The van der Waals surface area contributed by atoms with Gasteiger partial charge in [0.1, 0.15) is 11.6 Å². The van der Waals surface area contributed by atoms with Gasteiger partial charge in [-0.25, -0.2) is 9.97 Å². The highest BCUT2D eigenvalue weighted by Gasteiger charge is 2.50. The number of Topliss-reactive ketones (excluding diaryl/α,β-unsaturated/α-hetero) is 1. The zero-order chi connectivity index (χ0) is 15.9. The molecule has 5 nitrogen and oxygen atoms in total. The molecule has 6 heteroatoms. The van der Waals surface area contributed by atoms with Gasteiger partial charge in [0.05, 0.1) is 11.7 Å². The van der Waals surface area contributed by atoms with Crippen LogP contribution in [0, 0.1) is 5.92 Å². The second-order valence-electron chi connectivity index (χ2n) is 6.90. The van der Waals surface area contributed by atoms with Gasteiger partial charge >= 0.3 is 0 Å². The van der Waals surface area contributed by atoms with Crippen molar-refractivity contribution in [2.75, 3.05) is 24.2 Å². The summed E-state index contributed by atoms with van der Waals surface area (Å²) >= 11 is 1.57. The first-order valence-corrected chi connectivity index (χ1v) is 9.74. The molecule has 4 rings (SSSR count). The van der Waals surface area contributed by atoms with Gasteiger partial charge < -0.3 is 9.64 Å². The van der Waals surface area contributed by atoms with Crippen LogP contribution in [0.5, 0.6) is 0 Å². The van der Waals surface area contributed by atoms with Crippen molar-refractivity contribution in [3.05, 3.63) is 12.3 Å². The van der Waals surface area contributed by atoms with Crippen molar-refractivity contribution in [1.82, 2.24) is 9.97 Å². The summed E-state index contributed by atoms with van der Waals surface area (Å²) in [5.74, 6) is 1.60. The van der Waals surface area contributed by atoms with Crippen LogP contribution in [0.3, 0.4) is 0 Å². The van der Waals surface area contributed by atoms with Gasteiger partial charge in [-0.15, -0.1) is 0 Å². The van der Waals surface area contributed by atoms with Crippen molar-refractivity contribution in [3.8, 4) is 0 Å². The van der Waals surface area contributed by atoms with Crippen molar-refractivity contribution < 1.29 is 9.53 Å². The molecule has 3 fully saturated rings. The maximum Gasteiger partial charge on any atom is 0.189 e. The van der Waals surface area contributed by atoms with E-state index >= 15 is 0 Å². The summed E-state index contributed by atoms with van der Waals surface area (Å²) < 4.78 is 6.41. The molecule has 0 aromatic carbocycles. The Kier molecular flexibility index (Phi) is 4.05. The zero-order valence-electron chi connectivity index (χ0n) is 13.5. The Morgan fingerprint density at radius 2 is 2.22 bits per heavy atom. The largest absolute Gasteiger partial charge is 0.371 e. The average Bonchev–Trinajstić information content (AvgIpc) is 2.95. The fourth-order valence-electron chi connectivity index (χ4n) is 4.30. The number of ketones is 1. The SMILES string of the molecule is CSc1nccc(N2CCC3(CC2)CC2C(=O)CCCC2O3)n1. The number of carbonyl (C=O) groups is 1. The Morgan fingerprint density at radius 1 is 1.39 bits per heavy atom. The number of fused-ring (bicyclic) bond motifs is 1. The van der Waals surface area contributed by atoms with E-state index in [2.05, 4.69) is 14.9 Å². The highest BCUT2D eigenvalue weighted by molar-refractivity contribution is 7.98. The zero-order valence-corrected chi connectivity index (χ0v) is 14.3. The van der Waals surface area contributed by atoms with E-state index in [0.29, 0.717) is 5.78 Å². The van der Waals surface area contributed by atoms with E-state index in [0.717, 1.165) is 62.6 Å². The summed E-state index contributed by atoms with van der Waals surface area (Å²) in [6.45, 7) is 1.89. The van der Waals surface area contributed by atoms with Gasteiger partial charge in [-0.2, -0.15) is 0 Å². The van der Waals surface area contributed by atoms with E-state index in [-0.39, 0.29) is 17.6 Å². The van der Waals surface area contributed by atoms with Gasteiger partial charge in [-0.1, -0.05) is 11.8 Å². The van der Waals surface area contributed by atoms with Crippen LogP contribution in [-0.4, -0.2) is 46.8 Å². The quantitative estimate of drug-likeness (QED) is 0.613. The first-order chi connectivity index (χ1) is 11.2. The number of anilines is 1. The second-order valence-corrected chi connectivity index (χ2v) is 7.67. The topological polar surface area (TPSA) is 55.3 Å². The number of piperidine rings is 1. The molecule has 3 heterocycles. The van der Waals surface area contributed by atoms with Gasteiger partial charge in [0.2, 0.25) is 0 Å². The molecule has 1 saturated carbocycles. The van der Waals surface area contributed by atoms with Crippen molar-refractivity contribution in [2.24, 2.45) is 5.92 Å². The summed E-state index contributed by atoms with van der Waals surface area (Å²) in [6, 6.07) is 1.98. The Hall–Kier alpha value is -1.14. The summed E-state index contributed by atoms with van der Waals surface area (Å²) in [5.41, 5.74) is -0.0683. The predicted octanol–water partition coefficient (Wildman–Crippen LogP) is 2.70. The fraction of sp³-hybridized carbons (Fsp3) is 0.706. The number of hydrogen-bond acceptors (Lipinski definition) is 6. The molecule has 2 unspecified atom stereocenters. The third kappa shape index (κ3) is 2.87. The maximum atomic E-state index is 12.1. The fourth-order valence-corrected chi connectivity index (χ4v) is 4.65. The molecule has 1 aliphatic carbocycles. The Bertz CT molecular complexity index is 601. The van der Waals surface area contributed by atoms with Crippen LogP contribution in [0.15, 0.2) is 17.4 Å². The van der Waals surface area contributed by atoms with E-state index < -0.39 is 0 Å². The highest BCUT2D eigenvalue weighted by atomic mass is 32.2. The molecule has 1 spiro atoms. The van der Waals surface area contributed by atoms with E-state index in [1.54, 1.807) is 11.8 Å². The normalized spacial score (nSPS) is 29.8. The van der Waals surface area contributed by atoms with Crippen LogP contribution >= 0.6 is 11.8 Å². The number of rotatable bonds is 2. The van der Waals surface area contributed by atoms with Crippen LogP contribution in [0.25, 0.3) is 0 Å². The monoisotopic (exact) mass is 333 g/mol. The third-order valence-electron chi connectivity index (χ3n) is 5.57. The van der Waals surface area contributed by atoms with Crippen LogP contribution in [0.1, 0.15) is 38.5 Å². The third-order valence-corrected chi connectivity index (χ3v) is 6.13. The highest BCUT2D eigenvalue weighted by Crippen LogP contribution is 2.46. The maximum absolute atomic E-state index is 12.1. The lowest BCUT2D eigenvalue weighted by molar-refractivity contribution is -0.128. The molecular formula is C17H23N3O2S. The van der Waals surface area contributed by atoms with E-state index in [4.69, 9.17) is 4.74 Å². The second kappa shape index (κ2) is 6.06. The molecule has 0 N–H and O–H groups in total. The number of carbonyl (C=O) groups excluding carboxylic acids is 1. The molecule has 2 aliphatic heterocycles. The predicted molar refractivity (Wildman–Crippen MR) is 89.8 cm³/mol. The Morgan fingerprint density at radius 3 is 2.96 bits per heavy atom. The van der Waals surface area contributed by atoms with Gasteiger partial charge in [-0.3, -0.25) is 4.79 Å². The molecule has 23 heavy (non-hydrogen) atoms. The van der Waals surface area contributed by atoms with Crippen LogP contribution in [0.4, 0.5) is 5.82 Å². The lowest BCUT2D eigenvalue weighted by Gasteiger charge is -2.39. The molecule has 2 atom stereocenters. The summed E-state index contributed by atoms with van der Waals surface area (Å²) in [7, 11) is 0. The molecule has 0 radical (unpaired) electrons. The summed E-state index contributed by atoms with van der Waals surface area (Å²) in [5, 5.41) is 0.816. The minimum absolute atomic E-state index is 0.0683. The summed E-state index contributed by atoms with van der Waals surface area (Å²) in [6.07, 6.45) is 9.75. The molecule has 0 bridgehead atoms. The Balaban J connectivity index is 1.44. The van der Waals surface area contributed by atoms with Crippen LogP contribution in [0.2, 0.25) is 0 Å². The van der Waals surface area contributed by atoms with Crippen molar-refractivity contribution >= 4 is 23.4 Å². The first-order valence-electron chi connectivity index (χ1n) is 8.52. The van der Waals surface area contributed by atoms with Crippen molar-refractivity contribution in [1.29, 1.82) is 0 Å². The van der Waals surface area contributed by atoms with E-state index in [1.165, 1.54) is 0 Å². The number of nitrogens with zero attached hydrogens (tertiary/aromatic N) is 3. The molecule has 124 valence electrons. The number of aromatic nitrogens is 2. The lowest BCUT2D eigenvalue weighted by atomic mass is 9.79. The number of thioether (sulfide) groups is 1. The minimum atomic E-state index is -0.0683. The Labute approximate surface area is 141 Å². The number of hydrogen-bond donors (Lipinski definition) is 0. The van der Waals surface area contributed by atoms with Gasteiger partial charge in [0, 0.05) is 31.6 Å². The molecule has 1 aromatic heterocycles. The molecule has 0 amide bonds. The average molecular weight is 333 g/mol. The van der Waals surface area contributed by atoms with Gasteiger partial charge in [0.15, 0.2) is 5.16 Å². The molecule has 2 saturated heterocycles. The first kappa shape index (κ1) is 15.4. The van der Waals surface area contributed by atoms with E-state index in [1.807, 2.05) is 18.5 Å².